The molecule has 4 rings (SSSR count). The summed E-state index contributed by atoms with van der Waals surface area (Å²) >= 11 is 4.84. The summed E-state index contributed by atoms with van der Waals surface area (Å²) in [7, 11) is 0. The van der Waals surface area contributed by atoms with Gasteiger partial charge in [0.2, 0.25) is 0 Å². The molecular weight excluding hydrogens is 356 g/mol. The van der Waals surface area contributed by atoms with Crippen molar-refractivity contribution in [3.63, 3.8) is 0 Å². The Kier molecular flexibility index (Phi) is 6.07. The first-order chi connectivity index (χ1) is 13.3. The first-order valence-electron chi connectivity index (χ1n) is 12.6. The molecule has 0 aromatic carbocycles. The second-order valence-electron chi connectivity index (χ2n) is 12.2. The van der Waals surface area contributed by atoms with Crippen LogP contribution in [0.4, 0.5) is 0 Å². The Balaban J connectivity index is 1.49. The van der Waals surface area contributed by atoms with Crippen molar-refractivity contribution in [1.29, 1.82) is 0 Å². The molecular formula is C27H46S. The summed E-state index contributed by atoms with van der Waals surface area (Å²) in [4.78, 5) is 0. The predicted molar refractivity (Wildman–Crippen MR) is 126 cm³/mol. The minimum Gasteiger partial charge on any atom is -0.176 e. The highest BCUT2D eigenvalue weighted by molar-refractivity contribution is 7.80. The topological polar surface area (TPSA) is 0 Å². The van der Waals surface area contributed by atoms with Crippen molar-refractivity contribution in [2.45, 2.75) is 110 Å². The Morgan fingerprint density at radius 1 is 1.00 bits per heavy atom. The van der Waals surface area contributed by atoms with Crippen molar-refractivity contribution in [2.75, 3.05) is 0 Å². The van der Waals surface area contributed by atoms with Crippen LogP contribution in [0.5, 0.6) is 0 Å². The van der Waals surface area contributed by atoms with E-state index < -0.39 is 0 Å². The van der Waals surface area contributed by atoms with Gasteiger partial charge in [0.25, 0.3) is 0 Å². The highest BCUT2D eigenvalue weighted by Crippen LogP contribution is 2.67. The Morgan fingerprint density at radius 3 is 2.54 bits per heavy atom. The summed E-state index contributed by atoms with van der Waals surface area (Å²) in [6.45, 7) is 12.7. The fourth-order valence-corrected chi connectivity index (χ4v) is 8.99. The normalized spacial score (nSPS) is 46.5. The number of hydrogen-bond donors (Lipinski definition) is 1. The van der Waals surface area contributed by atoms with Gasteiger partial charge in [-0.15, -0.1) is 0 Å². The quantitative estimate of drug-likeness (QED) is 0.347. The molecule has 0 amide bonds. The van der Waals surface area contributed by atoms with Crippen molar-refractivity contribution < 1.29 is 0 Å². The molecule has 0 nitrogen and oxygen atoms in total. The summed E-state index contributed by atoms with van der Waals surface area (Å²) in [5.41, 5.74) is 2.92. The van der Waals surface area contributed by atoms with Gasteiger partial charge in [-0.25, -0.2) is 0 Å². The molecule has 3 saturated carbocycles. The predicted octanol–water partition coefficient (Wildman–Crippen LogP) is 8.33. The van der Waals surface area contributed by atoms with Gasteiger partial charge in [-0.05, 0) is 97.7 Å². The molecule has 8 atom stereocenters. The maximum Gasteiger partial charge on any atom is 0.00545 e. The smallest absolute Gasteiger partial charge is 0.00545 e. The van der Waals surface area contributed by atoms with E-state index in [1.54, 1.807) is 5.57 Å². The van der Waals surface area contributed by atoms with Gasteiger partial charge in [0.05, 0.1) is 0 Å². The highest BCUT2D eigenvalue weighted by Gasteiger charge is 2.58. The summed E-state index contributed by atoms with van der Waals surface area (Å²) in [5.74, 6) is 5.70. The minimum atomic E-state index is 0.504. The SMILES string of the molecule is CC(C)CCC[C@@H](C)C1CCC2C3CC=C4CC(S)CC[C@]4(C)C3CC[C@@]21C. The molecule has 0 aromatic heterocycles. The van der Waals surface area contributed by atoms with Crippen LogP contribution in [-0.2, 0) is 0 Å². The highest BCUT2D eigenvalue weighted by atomic mass is 32.1. The second kappa shape index (κ2) is 7.97. The fraction of sp³-hybridized carbons (Fsp3) is 0.926. The number of rotatable bonds is 5. The van der Waals surface area contributed by atoms with Crippen LogP contribution in [0.15, 0.2) is 11.6 Å². The molecule has 4 aliphatic rings. The van der Waals surface area contributed by atoms with Crippen molar-refractivity contribution in [2.24, 2.45) is 46.3 Å². The number of allylic oxidation sites excluding steroid dienone is 2. The Morgan fingerprint density at radius 2 is 1.79 bits per heavy atom. The first kappa shape index (κ1) is 21.3. The largest absolute Gasteiger partial charge is 0.176 e. The van der Waals surface area contributed by atoms with Gasteiger partial charge in [-0.2, -0.15) is 12.6 Å². The monoisotopic (exact) mass is 402 g/mol. The van der Waals surface area contributed by atoms with E-state index in [0.29, 0.717) is 16.1 Å². The molecule has 0 bridgehead atoms. The maximum absolute atomic E-state index is 4.84. The zero-order valence-corrected chi connectivity index (χ0v) is 20.2. The van der Waals surface area contributed by atoms with Gasteiger partial charge >= 0.3 is 0 Å². The van der Waals surface area contributed by atoms with E-state index in [4.69, 9.17) is 12.6 Å². The van der Waals surface area contributed by atoms with Crippen molar-refractivity contribution >= 4 is 12.6 Å². The molecule has 0 N–H and O–H groups in total. The van der Waals surface area contributed by atoms with E-state index in [9.17, 15) is 0 Å². The molecule has 0 saturated heterocycles. The van der Waals surface area contributed by atoms with Gasteiger partial charge in [0.15, 0.2) is 0 Å². The Labute approximate surface area is 181 Å². The lowest BCUT2D eigenvalue weighted by Crippen LogP contribution is -2.50. The van der Waals surface area contributed by atoms with Crippen molar-refractivity contribution in [3.05, 3.63) is 11.6 Å². The third-order valence-corrected chi connectivity index (χ3v) is 10.7. The minimum absolute atomic E-state index is 0.504. The fourth-order valence-electron chi connectivity index (χ4n) is 8.67. The molecule has 0 aliphatic heterocycles. The van der Waals surface area contributed by atoms with Gasteiger partial charge in [-0.3, -0.25) is 0 Å². The average Bonchev–Trinajstić information content (AvgIpc) is 2.99. The first-order valence-corrected chi connectivity index (χ1v) is 13.1. The van der Waals surface area contributed by atoms with Crippen LogP contribution < -0.4 is 0 Å². The van der Waals surface area contributed by atoms with Crippen molar-refractivity contribution in [1.82, 2.24) is 0 Å². The van der Waals surface area contributed by atoms with Gasteiger partial charge in [0, 0.05) is 5.25 Å². The van der Waals surface area contributed by atoms with Crippen LogP contribution >= 0.6 is 12.6 Å². The molecule has 4 aliphatic carbocycles. The molecule has 0 heterocycles. The van der Waals surface area contributed by atoms with E-state index in [0.717, 1.165) is 35.5 Å². The molecule has 0 radical (unpaired) electrons. The van der Waals surface area contributed by atoms with E-state index in [1.165, 1.54) is 70.6 Å². The molecule has 160 valence electrons. The van der Waals surface area contributed by atoms with Gasteiger partial charge < -0.3 is 0 Å². The van der Waals surface area contributed by atoms with Crippen molar-refractivity contribution in [3.8, 4) is 0 Å². The Hall–Kier alpha value is 0.0900. The van der Waals surface area contributed by atoms with Crippen LogP contribution in [0.2, 0.25) is 0 Å². The summed E-state index contributed by atoms with van der Waals surface area (Å²) in [5, 5.41) is 0.618. The number of fused-ring (bicyclic) bond motifs is 5. The zero-order chi connectivity index (χ0) is 20.1. The lowest BCUT2D eigenvalue weighted by atomic mass is 9.47. The summed E-state index contributed by atoms with van der Waals surface area (Å²) < 4.78 is 0. The molecule has 0 spiro atoms. The van der Waals surface area contributed by atoms with E-state index >= 15 is 0 Å². The summed E-state index contributed by atoms with van der Waals surface area (Å²) in [6.07, 6.45) is 18.4. The number of hydrogen-bond acceptors (Lipinski definition) is 1. The van der Waals surface area contributed by atoms with E-state index in [-0.39, 0.29) is 0 Å². The molecule has 0 aromatic rings. The summed E-state index contributed by atoms with van der Waals surface area (Å²) in [6, 6.07) is 0. The van der Waals surface area contributed by atoms with Gasteiger partial charge in [0.1, 0.15) is 0 Å². The standard InChI is InChI=1S/C27H46S/c1-18(2)7-6-8-19(3)23-11-12-24-22-10-9-20-17-21(28)13-15-26(20,4)25(22)14-16-27(23,24)5/h9,18-19,21-25,28H,6-8,10-17H2,1-5H3/t19-,21?,22?,23?,24?,25?,26+,27-/m1/s1. The molecule has 3 fully saturated rings. The second-order valence-corrected chi connectivity index (χ2v) is 12.9. The molecule has 28 heavy (non-hydrogen) atoms. The molecule has 1 heteroatoms. The third kappa shape index (κ3) is 3.54. The maximum atomic E-state index is 4.84. The van der Waals surface area contributed by atoms with Gasteiger partial charge in [-0.1, -0.05) is 65.5 Å². The van der Waals surface area contributed by atoms with Crippen LogP contribution in [0.1, 0.15) is 105 Å². The number of thiol groups is 1. The Bertz CT molecular complexity index is 591. The van der Waals surface area contributed by atoms with E-state index in [1.807, 2.05) is 0 Å². The lowest BCUT2D eigenvalue weighted by Gasteiger charge is -2.58. The molecule has 5 unspecified atom stereocenters. The van der Waals surface area contributed by atoms with E-state index in [2.05, 4.69) is 40.7 Å². The third-order valence-electron chi connectivity index (χ3n) is 10.3. The van der Waals surface area contributed by atoms with Crippen LogP contribution in [-0.4, -0.2) is 5.25 Å². The average molecular weight is 403 g/mol. The zero-order valence-electron chi connectivity index (χ0n) is 19.3. The van der Waals surface area contributed by atoms with Crippen LogP contribution in [0.25, 0.3) is 0 Å². The lowest BCUT2D eigenvalue weighted by molar-refractivity contribution is -0.0497. The van der Waals surface area contributed by atoms with Crippen LogP contribution in [0, 0.1) is 46.3 Å². The van der Waals surface area contributed by atoms with Crippen LogP contribution in [0.3, 0.4) is 0 Å².